The maximum atomic E-state index is 12.8. The number of anilines is 2. The van der Waals surface area contributed by atoms with E-state index in [4.69, 9.17) is 9.47 Å². The second kappa shape index (κ2) is 11.0. The van der Waals surface area contributed by atoms with E-state index < -0.39 is 5.97 Å². The van der Waals surface area contributed by atoms with E-state index in [9.17, 15) is 9.59 Å². The molecule has 9 heteroatoms. The van der Waals surface area contributed by atoms with Crippen LogP contribution in [0, 0.1) is 0 Å². The molecule has 0 unspecified atom stereocenters. The standard InChI is InChI=1S/C26H29N5O4/c1-4-35-26(33)22-17-27-23(18-7-11-21(34-3)12-8-18)29-24(22)28-20-9-5-19(6-10-20)25(32)31-15-13-30(2)14-16-31/h5-12,17H,4,13-16H2,1-3H3,(H,27,28,29). The third kappa shape index (κ3) is 5.75. The zero-order valence-corrected chi connectivity index (χ0v) is 20.2. The van der Waals surface area contributed by atoms with Crippen molar-refractivity contribution in [2.24, 2.45) is 0 Å². The molecule has 1 fully saturated rings. The first kappa shape index (κ1) is 24.2. The quantitative estimate of drug-likeness (QED) is 0.519. The minimum Gasteiger partial charge on any atom is -0.497 e. The van der Waals surface area contributed by atoms with Crippen LogP contribution in [0.25, 0.3) is 11.4 Å². The van der Waals surface area contributed by atoms with Crippen LogP contribution in [0.5, 0.6) is 5.75 Å². The topological polar surface area (TPSA) is 96.9 Å². The number of rotatable bonds is 7. The summed E-state index contributed by atoms with van der Waals surface area (Å²) < 4.78 is 10.4. The zero-order valence-electron chi connectivity index (χ0n) is 20.2. The van der Waals surface area contributed by atoms with Gasteiger partial charge in [-0.2, -0.15) is 0 Å². The number of hydrogen-bond donors (Lipinski definition) is 1. The van der Waals surface area contributed by atoms with Crippen LogP contribution in [0.3, 0.4) is 0 Å². The number of aromatic nitrogens is 2. The van der Waals surface area contributed by atoms with Crippen molar-refractivity contribution >= 4 is 23.4 Å². The highest BCUT2D eigenvalue weighted by Gasteiger charge is 2.21. The van der Waals surface area contributed by atoms with Gasteiger partial charge in [-0.1, -0.05) is 0 Å². The number of esters is 1. The summed E-state index contributed by atoms with van der Waals surface area (Å²) >= 11 is 0. The van der Waals surface area contributed by atoms with E-state index in [1.807, 2.05) is 29.2 Å². The van der Waals surface area contributed by atoms with Crippen LogP contribution in [0.15, 0.2) is 54.7 Å². The number of nitrogens with zero attached hydrogens (tertiary/aromatic N) is 4. The highest BCUT2D eigenvalue weighted by molar-refractivity contribution is 5.96. The zero-order chi connectivity index (χ0) is 24.8. The van der Waals surface area contributed by atoms with E-state index in [-0.39, 0.29) is 18.1 Å². The number of carbonyl (C=O) groups is 2. The molecule has 0 spiro atoms. The number of likely N-dealkylation sites (N-methyl/N-ethyl adjacent to an activating group) is 1. The van der Waals surface area contributed by atoms with E-state index >= 15 is 0 Å². The van der Waals surface area contributed by atoms with Gasteiger partial charge in [0.05, 0.1) is 13.7 Å². The molecule has 2 heterocycles. The number of hydrogen-bond acceptors (Lipinski definition) is 8. The molecule has 0 atom stereocenters. The average molecular weight is 476 g/mol. The summed E-state index contributed by atoms with van der Waals surface area (Å²) in [4.78, 5) is 38.4. The molecule has 0 bridgehead atoms. The van der Waals surface area contributed by atoms with Gasteiger partial charge in [-0.25, -0.2) is 14.8 Å². The molecule has 0 radical (unpaired) electrons. The van der Waals surface area contributed by atoms with Gasteiger partial charge in [-0.3, -0.25) is 4.79 Å². The number of ether oxygens (including phenoxy) is 2. The van der Waals surface area contributed by atoms with Gasteiger partial charge in [0, 0.05) is 49.2 Å². The summed E-state index contributed by atoms with van der Waals surface area (Å²) in [6.45, 7) is 5.15. The Labute approximate surface area is 204 Å². The summed E-state index contributed by atoms with van der Waals surface area (Å²) in [6.07, 6.45) is 1.46. The van der Waals surface area contributed by atoms with Crippen molar-refractivity contribution in [1.29, 1.82) is 0 Å². The van der Waals surface area contributed by atoms with Crippen molar-refractivity contribution in [1.82, 2.24) is 19.8 Å². The Bertz CT molecular complexity index is 1170. The Hall–Kier alpha value is -3.98. The summed E-state index contributed by atoms with van der Waals surface area (Å²) in [5.74, 6) is 0.993. The molecule has 35 heavy (non-hydrogen) atoms. The maximum Gasteiger partial charge on any atom is 0.343 e. The lowest BCUT2D eigenvalue weighted by Gasteiger charge is -2.32. The lowest BCUT2D eigenvalue weighted by Crippen LogP contribution is -2.47. The van der Waals surface area contributed by atoms with Crippen LogP contribution in [0.2, 0.25) is 0 Å². The first-order valence-electron chi connectivity index (χ1n) is 11.5. The van der Waals surface area contributed by atoms with E-state index in [0.29, 0.717) is 36.0 Å². The van der Waals surface area contributed by atoms with Crippen molar-refractivity contribution < 1.29 is 19.1 Å². The summed E-state index contributed by atoms with van der Waals surface area (Å²) in [5.41, 5.74) is 2.30. The molecule has 2 aromatic carbocycles. The molecule has 1 aromatic heterocycles. The molecule has 0 saturated carbocycles. The van der Waals surface area contributed by atoms with E-state index in [1.165, 1.54) is 6.20 Å². The fourth-order valence-corrected chi connectivity index (χ4v) is 3.74. The fourth-order valence-electron chi connectivity index (χ4n) is 3.74. The second-order valence-electron chi connectivity index (χ2n) is 8.20. The normalized spacial score (nSPS) is 13.9. The van der Waals surface area contributed by atoms with Crippen LogP contribution in [0.4, 0.5) is 11.5 Å². The fraction of sp³-hybridized carbons (Fsp3) is 0.308. The molecule has 1 amide bonds. The Balaban J connectivity index is 1.57. The number of amides is 1. The first-order chi connectivity index (χ1) is 17.0. The molecule has 182 valence electrons. The SMILES string of the molecule is CCOC(=O)c1cnc(-c2ccc(OC)cc2)nc1Nc1ccc(C(=O)N2CCN(C)CC2)cc1. The Morgan fingerprint density at radius 1 is 1.00 bits per heavy atom. The summed E-state index contributed by atoms with van der Waals surface area (Å²) in [6, 6.07) is 14.5. The Morgan fingerprint density at radius 2 is 1.69 bits per heavy atom. The number of piperazine rings is 1. The third-order valence-corrected chi connectivity index (χ3v) is 5.82. The molecular weight excluding hydrogens is 446 g/mol. The largest absolute Gasteiger partial charge is 0.497 e. The minimum atomic E-state index is -0.516. The number of carbonyl (C=O) groups excluding carboxylic acids is 2. The predicted octanol–water partition coefficient (Wildman–Crippen LogP) is 3.46. The molecule has 4 rings (SSSR count). The van der Waals surface area contributed by atoms with E-state index in [2.05, 4.69) is 27.2 Å². The van der Waals surface area contributed by atoms with Gasteiger partial charge in [-0.05, 0) is 62.5 Å². The van der Waals surface area contributed by atoms with Crippen molar-refractivity contribution in [3.05, 3.63) is 65.9 Å². The van der Waals surface area contributed by atoms with Crippen molar-refractivity contribution in [3.63, 3.8) is 0 Å². The molecule has 1 aliphatic rings. The second-order valence-corrected chi connectivity index (χ2v) is 8.20. The molecule has 1 aliphatic heterocycles. The molecule has 3 aromatic rings. The highest BCUT2D eigenvalue weighted by atomic mass is 16.5. The maximum absolute atomic E-state index is 12.8. The van der Waals surface area contributed by atoms with Gasteiger partial charge in [0.1, 0.15) is 17.1 Å². The van der Waals surface area contributed by atoms with Crippen LogP contribution in [-0.4, -0.2) is 78.6 Å². The van der Waals surface area contributed by atoms with Gasteiger partial charge < -0.3 is 24.6 Å². The molecule has 0 aliphatic carbocycles. The van der Waals surface area contributed by atoms with E-state index in [1.54, 1.807) is 38.3 Å². The van der Waals surface area contributed by atoms with Gasteiger partial charge in [-0.15, -0.1) is 0 Å². The summed E-state index contributed by atoms with van der Waals surface area (Å²) in [5, 5.41) is 3.19. The smallest absolute Gasteiger partial charge is 0.343 e. The predicted molar refractivity (Wildman–Crippen MR) is 133 cm³/mol. The van der Waals surface area contributed by atoms with Gasteiger partial charge in [0.25, 0.3) is 5.91 Å². The molecule has 1 N–H and O–H groups in total. The Morgan fingerprint density at radius 3 is 2.31 bits per heavy atom. The van der Waals surface area contributed by atoms with Crippen molar-refractivity contribution in [2.75, 3.05) is 52.3 Å². The molecular formula is C26H29N5O4. The highest BCUT2D eigenvalue weighted by Crippen LogP contribution is 2.25. The van der Waals surface area contributed by atoms with Crippen LogP contribution in [-0.2, 0) is 4.74 Å². The lowest BCUT2D eigenvalue weighted by atomic mass is 10.1. The lowest BCUT2D eigenvalue weighted by molar-refractivity contribution is 0.0526. The number of benzene rings is 2. The first-order valence-corrected chi connectivity index (χ1v) is 11.5. The average Bonchev–Trinajstić information content (AvgIpc) is 2.89. The van der Waals surface area contributed by atoms with Gasteiger partial charge in [0.2, 0.25) is 0 Å². The van der Waals surface area contributed by atoms with Crippen LogP contribution < -0.4 is 10.1 Å². The van der Waals surface area contributed by atoms with Gasteiger partial charge >= 0.3 is 5.97 Å². The monoisotopic (exact) mass is 475 g/mol. The number of nitrogens with one attached hydrogen (secondary N) is 1. The van der Waals surface area contributed by atoms with Crippen molar-refractivity contribution in [3.8, 4) is 17.1 Å². The van der Waals surface area contributed by atoms with Gasteiger partial charge in [0.15, 0.2) is 5.82 Å². The van der Waals surface area contributed by atoms with Crippen molar-refractivity contribution in [2.45, 2.75) is 6.92 Å². The molecule has 1 saturated heterocycles. The third-order valence-electron chi connectivity index (χ3n) is 5.82. The summed E-state index contributed by atoms with van der Waals surface area (Å²) in [7, 11) is 3.66. The van der Waals surface area contributed by atoms with Crippen LogP contribution >= 0.6 is 0 Å². The Kier molecular flexibility index (Phi) is 7.57. The minimum absolute atomic E-state index is 0.0145. The number of methoxy groups -OCH3 is 1. The van der Waals surface area contributed by atoms with Crippen LogP contribution in [0.1, 0.15) is 27.6 Å². The van der Waals surface area contributed by atoms with E-state index in [0.717, 1.165) is 24.4 Å². The molecule has 9 nitrogen and oxygen atoms in total.